The number of hydrogen-bond donors (Lipinski definition) is 1. The number of benzene rings is 1. The molecule has 0 aliphatic heterocycles. The lowest BCUT2D eigenvalue weighted by atomic mass is 9.87. The van der Waals surface area contributed by atoms with Crippen molar-refractivity contribution in [2.45, 2.75) is 58.8 Å². The zero-order valence-electron chi connectivity index (χ0n) is 14.7. The minimum absolute atomic E-state index is 0.0127. The SMILES string of the molecule is CC1CCC/C(=N/NC(=O)COc2ccc(C(C)(C)C)cc2)C1. The maximum absolute atomic E-state index is 11.8. The maximum Gasteiger partial charge on any atom is 0.277 e. The average Bonchev–Trinajstić information content (AvgIpc) is 2.50. The molecule has 1 aliphatic rings. The summed E-state index contributed by atoms with van der Waals surface area (Å²) in [5.41, 5.74) is 5.05. The first-order valence-electron chi connectivity index (χ1n) is 8.42. The zero-order valence-corrected chi connectivity index (χ0v) is 14.7. The molecule has 4 heteroatoms. The Kier molecular flexibility index (Phi) is 5.80. The first-order chi connectivity index (χ1) is 10.8. The van der Waals surface area contributed by atoms with Gasteiger partial charge in [-0.25, -0.2) is 5.43 Å². The van der Waals surface area contributed by atoms with E-state index in [0.717, 1.165) is 25.0 Å². The van der Waals surface area contributed by atoms with Crippen LogP contribution in [0.25, 0.3) is 0 Å². The zero-order chi connectivity index (χ0) is 16.9. The van der Waals surface area contributed by atoms with Crippen molar-refractivity contribution in [1.29, 1.82) is 0 Å². The highest BCUT2D eigenvalue weighted by Gasteiger charge is 2.15. The fraction of sp³-hybridized carbons (Fsp3) is 0.579. The molecular weight excluding hydrogens is 288 g/mol. The second kappa shape index (κ2) is 7.62. The summed E-state index contributed by atoms with van der Waals surface area (Å²) in [7, 11) is 0. The summed E-state index contributed by atoms with van der Waals surface area (Å²) in [4.78, 5) is 11.8. The smallest absolute Gasteiger partial charge is 0.277 e. The molecular formula is C19H28N2O2. The lowest BCUT2D eigenvalue weighted by Gasteiger charge is -2.19. The third-order valence-electron chi connectivity index (χ3n) is 4.18. The van der Waals surface area contributed by atoms with Gasteiger partial charge in [-0.05, 0) is 54.7 Å². The molecule has 4 nitrogen and oxygen atoms in total. The fourth-order valence-electron chi connectivity index (χ4n) is 2.74. The summed E-state index contributed by atoms with van der Waals surface area (Å²) in [5.74, 6) is 1.15. The number of rotatable bonds is 4. The second-order valence-corrected chi connectivity index (χ2v) is 7.48. The topological polar surface area (TPSA) is 50.7 Å². The summed E-state index contributed by atoms with van der Waals surface area (Å²) in [5, 5.41) is 4.23. The van der Waals surface area contributed by atoms with Gasteiger partial charge in [0.15, 0.2) is 6.61 Å². The van der Waals surface area contributed by atoms with Crippen molar-refractivity contribution in [2.24, 2.45) is 11.0 Å². The minimum Gasteiger partial charge on any atom is -0.484 e. The predicted octanol–water partition coefficient (Wildman–Crippen LogP) is 4.05. The summed E-state index contributed by atoms with van der Waals surface area (Å²) < 4.78 is 5.52. The van der Waals surface area contributed by atoms with E-state index in [1.807, 2.05) is 24.3 Å². The highest BCUT2D eigenvalue weighted by atomic mass is 16.5. The number of ether oxygens (including phenoxy) is 1. The van der Waals surface area contributed by atoms with E-state index in [9.17, 15) is 4.79 Å². The van der Waals surface area contributed by atoms with Gasteiger partial charge in [0.25, 0.3) is 5.91 Å². The Morgan fingerprint density at radius 2 is 2.00 bits per heavy atom. The van der Waals surface area contributed by atoms with E-state index in [1.165, 1.54) is 12.0 Å². The summed E-state index contributed by atoms with van der Waals surface area (Å²) in [6.45, 7) is 8.72. The Bertz CT molecular complexity index is 556. The van der Waals surface area contributed by atoms with Gasteiger partial charge in [0.2, 0.25) is 0 Å². The lowest BCUT2D eigenvalue weighted by Crippen LogP contribution is -2.27. The molecule has 1 unspecified atom stereocenters. The van der Waals surface area contributed by atoms with Gasteiger partial charge in [0.1, 0.15) is 5.75 Å². The van der Waals surface area contributed by atoms with Crippen molar-refractivity contribution in [2.75, 3.05) is 6.61 Å². The Balaban J connectivity index is 1.79. The lowest BCUT2D eigenvalue weighted by molar-refractivity contribution is -0.123. The minimum atomic E-state index is -0.212. The van der Waals surface area contributed by atoms with E-state index in [0.29, 0.717) is 11.7 Å². The Hall–Kier alpha value is -1.84. The normalized spacial score (nSPS) is 20.3. The van der Waals surface area contributed by atoms with Crippen LogP contribution < -0.4 is 10.2 Å². The van der Waals surface area contributed by atoms with Crippen LogP contribution in [0.3, 0.4) is 0 Å². The number of hydrazone groups is 1. The van der Waals surface area contributed by atoms with E-state index < -0.39 is 0 Å². The van der Waals surface area contributed by atoms with E-state index in [4.69, 9.17) is 4.74 Å². The number of nitrogens with zero attached hydrogens (tertiary/aromatic N) is 1. The second-order valence-electron chi connectivity index (χ2n) is 7.48. The Morgan fingerprint density at radius 1 is 1.30 bits per heavy atom. The molecule has 126 valence electrons. The van der Waals surface area contributed by atoms with Gasteiger partial charge < -0.3 is 4.74 Å². The molecule has 0 spiro atoms. The van der Waals surface area contributed by atoms with Gasteiger partial charge in [-0.3, -0.25) is 4.79 Å². The van der Waals surface area contributed by atoms with Crippen molar-refractivity contribution in [3.05, 3.63) is 29.8 Å². The molecule has 0 saturated heterocycles. The number of nitrogens with one attached hydrogen (secondary N) is 1. The summed E-state index contributed by atoms with van der Waals surface area (Å²) in [6, 6.07) is 7.89. The summed E-state index contributed by atoms with van der Waals surface area (Å²) >= 11 is 0. The fourth-order valence-corrected chi connectivity index (χ4v) is 2.74. The number of amides is 1. The molecule has 1 aromatic rings. The van der Waals surface area contributed by atoms with Crippen molar-refractivity contribution < 1.29 is 9.53 Å². The van der Waals surface area contributed by atoms with Gasteiger partial charge in [-0.15, -0.1) is 0 Å². The van der Waals surface area contributed by atoms with Crippen LogP contribution >= 0.6 is 0 Å². The average molecular weight is 316 g/mol. The van der Waals surface area contributed by atoms with Crippen LogP contribution in [0.2, 0.25) is 0 Å². The Morgan fingerprint density at radius 3 is 2.61 bits per heavy atom. The van der Waals surface area contributed by atoms with E-state index >= 15 is 0 Å². The van der Waals surface area contributed by atoms with Crippen LogP contribution in [0.15, 0.2) is 29.4 Å². The third-order valence-corrected chi connectivity index (χ3v) is 4.18. The molecule has 0 heterocycles. The first kappa shape index (κ1) is 17.5. The van der Waals surface area contributed by atoms with Gasteiger partial charge in [-0.1, -0.05) is 39.8 Å². The molecule has 1 N–H and O–H groups in total. The van der Waals surface area contributed by atoms with Crippen LogP contribution in [-0.4, -0.2) is 18.2 Å². The van der Waals surface area contributed by atoms with Crippen LogP contribution in [-0.2, 0) is 10.2 Å². The molecule has 1 atom stereocenters. The predicted molar refractivity (Wildman–Crippen MR) is 93.8 cm³/mol. The quantitative estimate of drug-likeness (QED) is 0.852. The molecule has 1 fully saturated rings. The molecule has 0 bridgehead atoms. The molecule has 23 heavy (non-hydrogen) atoms. The molecule has 2 rings (SSSR count). The van der Waals surface area contributed by atoms with Gasteiger partial charge in [-0.2, -0.15) is 5.10 Å². The summed E-state index contributed by atoms with van der Waals surface area (Å²) in [6.07, 6.45) is 4.38. The van der Waals surface area contributed by atoms with Crippen LogP contribution in [0, 0.1) is 5.92 Å². The van der Waals surface area contributed by atoms with Crippen molar-refractivity contribution in [1.82, 2.24) is 5.43 Å². The standard InChI is InChI=1S/C19H28N2O2/c1-14-6-5-7-16(12-14)20-21-18(22)13-23-17-10-8-15(9-11-17)19(2,3)4/h8-11,14H,5-7,12-13H2,1-4H3,(H,21,22)/b20-16-. The highest BCUT2D eigenvalue weighted by molar-refractivity contribution is 5.87. The van der Waals surface area contributed by atoms with Crippen molar-refractivity contribution in [3.8, 4) is 5.75 Å². The molecule has 1 aliphatic carbocycles. The number of carbonyl (C=O) groups is 1. The van der Waals surface area contributed by atoms with Crippen molar-refractivity contribution >= 4 is 11.6 Å². The Labute approximate surface area is 139 Å². The number of hydrogen-bond acceptors (Lipinski definition) is 3. The largest absolute Gasteiger partial charge is 0.484 e. The van der Waals surface area contributed by atoms with Crippen LogP contribution in [0.1, 0.15) is 58.9 Å². The van der Waals surface area contributed by atoms with E-state index in [1.54, 1.807) is 0 Å². The highest BCUT2D eigenvalue weighted by Crippen LogP contribution is 2.24. The first-order valence-corrected chi connectivity index (χ1v) is 8.42. The number of carbonyl (C=O) groups excluding carboxylic acids is 1. The molecule has 1 aromatic carbocycles. The molecule has 1 saturated carbocycles. The molecule has 1 amide bonds. The van der Waals surface area contributed by atoms with Crippen molar-refractivity contribution in [3.63, 3.8) is 0 Å². The molecule has 0 aromatic heterocycles. The van der Waals surface area contributed by atoms with Crippen LogP contribution in [0.5, 0.6) is 5.75 Å². The monoisotopic (exact) mass is 316 g/mol. The van der Waals surface area contributed by atoms with Crippen LogP contribution in [0.4, 0.5) is 0 Å². The third kappa shape index (κ3) is 5.70. The molecule has 0 radical (unpaired) electrons. The van der Waals surface area contributed by atoms with Gasteiger partial charge in [0, 0.05) is 5.71 Å². The van der Waals surface area contributed by atoms with E-state index in [2.05, 4.69) is 38.2 Å². The van der Waals surface area contributed by atoms with Gasteiger partial charge >= 0.3 is 0 Å². The van der Waals surface area contributed by atoms with Gasteiger partial charge in [0.05, 0.1) is 0 Å². The maximum atomic E-state index is 11.8. The van der Waals surface area contributed by atoms with E-state index in [-0.39, 0.29) is 17.9 Å².